The maximum atomic E-state index is 12.0. The van der Waals surface area contributed by atoms with Gasteiger partial charge in [-0.2, -0.15) is 0 Å². The molecule has 20 heavy (non-hydrogen) atoms. The average molecular weight is 285 g/mol. The summed E-state index contributed by atoms with van der Waals surface area (Å²) in [7, 11) is 1.51. The first kappa shape index (κ1) is 15.2. The molecular formula is C13H23N3O4. The SMILES string of the molecule is COCC(=O)N1CCC(NC(=O)C2CC(O)CN2)CC1. The van der Waals surface area contributed by atoms with E-state index in [1.165, 1.54) is 7.11 Å². The van der Waals surface area contributed by atoms with Gasteiger partial charge in [0, 0.05) is 32.8 Å². The zero-order chi connectivity index (χ0) is 14.5. The molecule has 0 saturated carbocycles. The van der Waals surface area contributed by atoms with Crippen molar-refractivity contribution in [2.75, 3.05) is 33.4 Å². The van der Waals surface area contributed by atoms with E-state index in [0.29, 0.717) is 26.1 Å². The minimum absolute atomic E-state index is 0.00198. The van der Waals surface area contributed by atoms with Gasteiger partial charge in [-0.05, 0) is 19.3 Å². The molecule has 2 saturated heterocycles. The van der Waals surface area contributed by atoms with Crippen LogP contribution in [0.5, 0.6) is 0 Å². The van der Waals surface area contributed by atoms with Crippen LogP contribution in [-0.2, 0) is 14.3 Å². The highest BCUT2D eigenvalue weighted by Gasteiger charge is 2.30. The van der Waals surface area contributed by atoms with E-state index in [1.807, 2.05) is 0 Å². The van der Waals surface area contributed by atoms with Crippen LogP contribution in [0.15, 0.2) is 0 Å². The Balaban J connectivity index is 1.71. The van der Waals surface area contributed by atoms with Gasteiger partial charge in [-0.15, -0.1) is 0 Å². The molecule has 0 spiro atoms. The molecule has 2 aliphatic heterocycles. The number of amides is 2. The van der Waals surface area contributed by atoms with Crippen LogP contribution in [0.25, 0.3) is 0 Å². The van der Waals surface area contributed by atoms with Gasteiger partial charge >= 0.3 is 0 Å². The Bertz CT molecular complexity index is 356. The molecule has 2 unspecified atom stereocenters. The number of piperidine rings is 1. The maximum Gasteiger partial charge on any atom is 0.248 e. The van der Waals surface area contributed by atoms with Crippen LogP contribution >= 0.6 is 0 Å². The van der Waals surface area contributed by atoms with Crippen LogP contribution in [0.3, 0.4) is 0 Å². The molecule has 7 heteroatoms. The van der Waals surface area contributed by atoms with Crippen LogP contribution in [-0.4, -0.2) is 73.4 Å². The number of likely N-dealkylation sites (tertiary alicyclic amines) is 1. The van der Waals surface area contributed by atoms with Gasteiger partial charge in [0.2, 0.25) is 11.8 Å². The summed E-state index contributed by atoms with van der Waals surface area (Å²) < 4.78 is 4.83. The third-order valence-corrected chi connectivity index (χ3v) is 3.89. The average Bonchev–Trinajstić information content (AvgIpc) is 2.86. The Labute approximate surface area is 118 Å². The molecule has 2 fully saturated rings. The van der Waals surface area contributed by atoms with Crippen LogP contribution in [0.1, 0.15) is 19.3 Å². The third-order valence-electron chi connectivity index (χ3n) is 3.89. The van der Waals surface area contributed by atoms with E-state index >= 15 is 0 Å². The van der Waals surface area contributed by atoms with Gasteiger partial charge in [0.1, 0.15) is 6.61 Å². The van der Waals surface area contributed by atoms with Gasteiger partial charge in [0.05, 0.1) is 12.1 Å². The van der Waals surface area contributed by atoms with Crippen molar-refractivity contribution in [3.8, 4) is 0 Å². The van der Waals surface area contributed by atoms with E-state index in [-0.39, 0.29) is 30.5 Å². The number of aliphatic hydroxyl groups is 1. The van der Waals surface area contributed by atoms with Crippen molar-refractivity contribution in [3.63, 3.8) is 0 Å². The Morgan fingerprint density at radius 3 is 2.65 bits per heavy atom. The topological polar surface area (TPSA) is 90.9 Å². The smallest absolute Gasteiger partial charge is 0.248 e. The fourth-order valence-electron chi connectivity index (χ4n) is 2.71. The second-order valence-electron chi connectivity index (χ2n) is 5.45. The number of hydrogen-bond donors (Lipinski definition) is 3. The summed E-state index contributed by atoms with van der Waals surface area (Å²) in [4.78, 5) is 25.4. The largest absolute Gasteiger partial charge is 0.392 e. The first-order valence-corrected chi connectivity index (χ1v) is 7.08. The normalized spacial score (nSPS) is 27.6. The molecular weight excluding hydrogens is 262 g/mol. The lowest BCUT2D eigenvalue weighted by atomic mass is 10.0. The molecule has 0 aromatic rings. The van der Waals surface area contributed by atoms with Crippen molar-refractivity contribution < 1.29 is 19.4 Å². The predicted molar refractivity (Wildman–Crippen MR) is 72.0 cm³/mol. The Morgan fingerprint density at radius 1 is 1.40 bits per heavy atom. The number of nitrogens with one attached hydrogen (secondary N) is 2. The standard InChI is InChI=1S/C13H23N3O4/c1-20-8-12(18)16-4-2-9(3-5-16)15-13(19)11-6-10(17)7-14-11/h9-11,14,17H,2-8H2,1H3,(H,15,19). The molecule has 2 amide bonds. The maximum absolute atomic E-state index is 12.0. The predicted octanol–water partition coefficient (Wildman–Crippen LogP) is -1.54. The molecule has 3 N–H and O–H groups in total. The van der Waals surface area contributed by atoms with Gasteiger partial charge in [-0.1, -0.05) is 0 Å². The fraction of sp³-hybridized carbons (Fsp3) is 0.846. The molecule has 0 aromatic carbocycles. The minimum Gasteiger partial charge on any atom is -0.392 e. The highest BCUT2D eigenvalue weighted by molar-refractivity contribution is 5.82. The summed E-state index contributed by atoms with van der Waals surface area (Å²) in [6.45, 7) is 1.88. The quantitative estimate of drug-likeness (QED) is 0.582. The molecule has 2 rings (SSSR count). The number of carbonyl (C=O) groups is 2. The van der Waals surface area contributed by atoms with Crippen LogP contribution in [0.4, 0.5) is 0 Å². The second kappa shape index (κ2) is 7.01. The Kier molecular flexibility index (Phi) is 5.33. The zero-order valence-corrected chi connectivity index (χ0v) is 11.8. The number of hydrogen-bond acceptors (Lipinski definition) is 5. The summed E-state index contributed by atoms with van der Waals surface area (Å²) in [5, 5.41) is 15.4. The van der Waals surface area contributed by atoms with E-state index in [2.05, 4.69) is 10.6 Å². The molecule has 114 valence electrons. The summed E-state index contributed by atoms with van der Waals surface area (Å²) in [6.07, 6.45) is 1.56. The van der Waals surface area contributed by atoms with Crippen molar-refractivity contribution in [2.45, 2.75) is 37.5 Å². The van der Waals surface area contributed by atoms with Crippen LogP contribution < -0.4 is 10.6 Å². The van der Waals surface area contributed by atoms with Crippen LogP contribution in [0, 0.1) is 0 Å². The fourth-order valence-corrected chi connectivity index (χ4v) is 2.71. The first-order valence-electron chi connectivity index (χ1n) is 7.08. The highest BCUT2D eigenvalue weighted by Crippen LogP contribution is 2.12. The number of carbonyl (C=O) groups excluding carboxylic acids is 2. The van der Waals surface area contributed by atoms with E-state index in [9.17, 15) is 14.7 Å². The van der Waals surface area contributed by atoms with Crippen LogP contribution in [0.2, 0.25) is 0 Å². The lowest BCUT2D eigenvalue weighted by molar-refractivity contribution is -0.136. The monoisotopic (exact) mass is 285 g/mol. The second-order valence-corrected chi connectivity index (χ2v) is 5.45. The van der Waals surface area contributed by atoms with Gasteiger partial charge in [-0.3, -0.25) is 9.59 Å². The number of nitrogens with zero attached hydrogens (tertiary/aromatic N) is 1. The number of methoxy groups -OCH3 is 1. The van der Waals surface area contributed by atoms with E-state index in [4.69, 9.17) is 4.74 Å². The molecule has 0 radical (unpaired) electrons. The van der Waals surface area contributed by atoms with Gasteiger partial charge in [0.25, 0.3) is 0 Å². The lowest BCUT2D eigenvalue weighted by Crippen LogP contribution is -2.50. The summed E-state index contributed by atoms with van der Waals surface area (Å²) in [6, 6.07) is -0.188. The first-order chi connectivity index (χ1) is 9.60. The number of ether oxygens (including phenoxy) is 1. The highest BCUT2D eigenvalue weighted by atomic mass is 16.5. The van der Waals surface area contributed by atoms with Gasteiger partial charge in [-0.25, -0.2) is 0 Å². The molecule has 0 bridgehead atoms. The number of aliphatic hydroxyl groups excluding tert-OH is 1. The van der Waals surface area contributed by atoms with Crippen molar-refractivity contribution in [1.29, 1.82) is 0 Å². The number of rotatable bonds is 4. The molecule has 0 aliphatic carbocycles. The Morgan fingerprint density at radius 2 is 2.10 bits per heavy atom. The van der Waals surface area contributed by atoms with Crippen molar-refractivity contribution in [2.24, 2.45) is 0 Å². The van der Waals surface area contributed by atoms with Crippen molar-refractivity contribution in [3.05, 3.63) is 0 Å². The van der Waals surface area contributed by atoms with Gasteiger partial charge in [0.15, 0.2) is 0 Å². The van der Waals surface area contributed by atoms with E-state index in [0.717, 1.165) is 12.8 Å². The molecule has 2 aliphatic rings. The molecule has 7 nitrogen and oxygen atoms in total. The summed E-state index contributed by atoms with van der Waals surface area (Å²) >= 11 is 0. The van der Waals surface area contributed by atoms with Gasteiger partial charge < -0.3 is 25.4 Å². The third kappa shape index (κ3) is 3.91. The molecule has 2 heterocycles. The summed E-state index contributed by atoms with van der Waals surface area (Å²) in [5.41, 5.74) is 0. The minimum atomic E-state index is -0.431. The summed E-state index contributed by atoms with van der Waals surface area (Å²) in [5.74, 6) is -0.0546. The zero-order valence-electron chi connectivity index (χ0n) is 11.8. The lowest BCUT2D eigenvalue weighted by Gasteiger charge is -2.32. The number of β-amino-alcohol motifs (C(OH)–C–C–N with tert-alkyl or cyclic N) is 1. The molecule has 2 atom stereocenters. The molecule has 0 aromatic heterocycles. The van der Waals surface area contributed by atoms with E-state index < -0.39 is 6.10 Å². The Hall–Kier alpha value is -1.18. The van der Waals surface area contributed by atoms with E-state index in [1.54, 1.807) is 4.90 Å². The van der Waals surface area contributed by atoms with Crippen molar-refractivity contribution in [1.82, 2.24) is 15.5 Å². The van der Waals surface area contributed by atoms with Crippen molar-refractivity contribution >= 4 is 11.8 Å².